The number of carbonyl (C=O) groups excluding carboxylic acids is 1. The summed E-state index contributed by atoms with van der Waals surface area (Å²) in [5.74, 6) is -0.262. The molecule has 0 bridgehead atoms. The van der Waals surface area contributed by atoms with Crippen molar-refractivity contribution < 1.29 is 14.3 Å². The average molecular weight is 264 g/mol. The second kappa shape index (κ2) is 8.70. The molecule has 0 aliphatic carbocycles. The van der Waals surface area contributed by atoms with E-state index < -0.39 is 0 Å². The molecule has 0 fully saturated rings. The first kappa shape index (κ1) is 15.7. The topological polar surface area (TPSA) is 35.5 Å². The van der Waals surface area contributed by atoms with Crippen LogP contribution in [0.25, 0.3) is 0 Å². The van der Waals surface area contributed by atoms with Crippen LogP contribution in [0.5, 0.6) is 0 Å². The lowest BCUT2D eigenvalue weighted by atomic mass is 10.1. The Labute approximate surface area is 115 Å². The molecule has 1 unspecified atom stereocenters. The van der Waals surface area contributed by atoms with Gasteiger partial charge in [-0.05, 0) is 37.0 Å². The van der Waals surface area contributed by atoms with E-state index in [9.17, 15) is 4.79 Å². The molecule has 1 atom stereocenters. The summed E-state index contributed by atoms with van der Waals surface area (Å²) in [4.78, 5) is 12.0. The van der Waals surface area contributed by atoms with Crippen molar-refractivity contribution >= 4 is 5.97 Å². The van der Waals surface area contributed by atoms with Crippen LogP contribution >= 0.6 is 0 Å². The molecule has 0 heterocycles. The first-order chi connectivity index (χ1) is 9.21. The van der Waals surface area contributed by atoms with Crippen LogP contribution in [0, 0.1) is 0 Å². The van der Waals surface area contributed by atoms with E-state index in [2.05, 4.69) is 13.0 Å². The molecular weight excluding hydrogens is 240 g/mol. The lowest BCUT2D eigenvalue weighted by Crippen LogP contribution is -2.22. The van der Waals surface area contributed by atoms with E-state index in [4.69, 9.17) is 9.47 Å². The van der Waals surface area contributed by atoms with Gasteiger partial charge >= 0.3 is 5.97 Å². The van der Waals surface area contributed by atoms with Gasteiger partial charge in [-0.25, -0.2) is 4.79 Å². The first-order valence-corrected chi connectivity index (χ1v) is 7.00. The number of carbonyl (C=O) groups is 1. The molecule has 0 saturated carbocycles. The van der Waals surface area contributed by atoms with Crippen LogP contribution in [-0.4, -0.2) is 25.8 Å². The SMILES string of the molecule is CCCCc1cccc(C(=O)OC(CC)COC)c1. The normalized spacial score (nSPS) is 12.2. The molecule has 3 heteroatoms. The molecule has 19 heavy (non-hydrogen) atoms. The quantitative estimate of drug-likeness (QED) is 0.673. The smallest absolute Gasteiger partial charge is 0.338 e. The van der Waals surface area contributed by atoms with Gasteiger partial charge in [-0.3, -0.25) is 0 Å². The van der Waals surface area contributed by atoms with Gasteiger partial charge in [0.15, 0.2) is 0 Å². The zero-order valence-electron chi connectivity index (χ0n) is 12.1. The monoisotopic (exact) mass is 264 g/mol. The molecule has 0 aliphatic rings. The van der Waals surface area contributed by atoms with Crippen LogP contribution in [0.3, 0.4) is 0 Å². The van der Waals surface area contributed by atoms with E-state index in [0.717, 1.165) is 25.7 Å². The molecular formula is C16H24O3. The van der Waals surface area contributed by atoms with Crippen LogP contribution < -0.4 is 0 Å². The summed E-state index contributed by atoms with van der Waals surface area (Å²) in [7, 11) is 1.61. The molecule has 0 spiro atoms. The standard InChI is InChI=1S/C16H24O3/c1-4-6-8-13-9-7-10-14(11-13)16(17)19-15(5-2)12-18-3/h7,9-11,15H,4-6,8,12H2,1-3H3. The fourth-order valence-electron chi connectivity index (χ4n) is 1.88. The van der Waals surface area contributed by atoms with E-state index >= 15 is 0 Å². The highest BCUT2D eigenvalue weighted by molar-refractivity contribution is 5.89. The third-order valence-electron chi connectivity index (χ3n) is 3.06. The van der Waals surface area contributed by atoms with Gasteiger partial charge in [0, 0.05) is 7.11 Å². The maximum atomic E-state index is 12.0. The van der Waals surface area contributed by atoms with E-state index in [-0.39, 0.29) is 12.1 Å². The molecule has 0 N–H and O–H groups in total. The second-order valence-corrected chi connectivity index (χ2v) is 4.69. The highest BCUT2D eigenvalue weighted by atomic mass is 16.6. The molecule has 1 rings (SSSR count). The zero-order valence-corrected chi connectivity index (χ0v) is 12.1. The van der Waals surface area contributed by atoms with Crippen molar-refractivity contribution in [2.45, 2.75) is 45.6 Å². The van der Waals surface area contributed by atoms with Crippen LogP contribution in [0.2, 0.25) is 0 Å². The van der Waals surface area contributed by atoms with Gasteiger partial charge in [0.1, 0.15) is 6.10 Å². The number of ether oxygens (including phenoxy) is 2. The third kappa shape index (κ3) is 5.43. The van der Waals surface area contributed by atoms with Gasteiger partial charge < -0.3 is 9.47 Å². The van der Waals surface area contributed by atoms with Crippen molar-refractivity contribution in [2.75, 3.05) is 13.7 Å². The van der Waals surface area contributed by atoms with Gasteiger partial charge in [0.05, 0.1) is 12.2 Å². The van der Waals surface area contributed by atoms with E-state index in [1.807, 2.05) is 19.1 Å². The van der Waals surface area contributed by atoms with Crippen LogP contribution in [-0.2, 0) is 15.9 Å². The number of methoxy groups -OCH3 is 1. The Bertz CT molecular complexity index is 387. The molecule has 0 aromatic heterocycles. The van der Waals surface area contributed by atoms with Crippen molar-refractivity contribution in [3.05, 3.63) is 35.4 Å². The number of rotatable bonds is 8. The lowest BCUT2D eigenvalue weighted by molar-refractivity contribution is 0.00474. The fourth-order valence-corrected chi connectivity index (χ4v) is 1.88. The highest BCUT2D eigenvalue weighted by Crippen LogP contribution is 2.11. The van der Waals surface area contributed by atoms with Crippen molar-refractivity contribution in [1.82, 2.24) is 0 Å². The molecule has 0 saturated heterocycles. The van der Waals surface area contributed by atoms with Crippen molar-refractivity contribution in [1.29, 1.82) is 0 Å². The lowest BCUT2D eigenvalue weighted by Gasteiger charge is -2.15. The van der Waals surface area contributed by atoms with Crippen molar-refractivity contribution in [3.8, 4) is 0 Å². The van der Waals surface area contributed by atoms with Crippen molar-refractivity contribution in [3.63, 3.8) is 0 Å². The largest absolute Gasteiger partial charge is 0.456 e. The number of aryl methyl sites for hydroxylation is 1. The Kier molecular flexibility index (Phi) is 7.19. The summed E-state index contributed by atoms with van der Waals surface area (Å²) >= 11 is 0. The van der Waals surface area contributed by atoms with E-state index in [1.54, 1.807) is 13.2 Å². The van der Waals surface area contributed by atoms with E-state index in [0.29, 0.717) is 12.2 Å². The summed E-state index contributed by atoms with van der Waals surface area (Å²) in [5, 5.41) is 0. The van der Waals surface area contributed by atoms with Gasteiger partial charge in [-0.15, -0.1) is 0 Å². The molecule has 0 amide bonds. The van der Waals surface area contributed by atoms with Gasteiger partial charge in [0.2, 0.25) is 0 Å². The van der Waals surface area contributed by atoms with Crippen LogP contribution in [0.15, 0.2) is 24.3 Å². The average Bonchev–Trinajstić information content (AvgIpc) is 2.44. The summed E-state index contributed by atoms with van der Waals surface area (Å²) in [6.07, 6.45) is 3.89. The first-order valence-electron chi connectivity index (χ1n) is 7.00. The minimum Gasteiger partial charge on any atom is -0.456 e. The Morgan fingerprint density at radius 1 is 1.32 bits per heavy atom. The van der Waals surface area contributed by atoms with Crippen LogP contribution in [0.4, 0.5) is 0 Å². The molecule has 0 aliphatic heterocycles. The number of benzene rings is 1. The molecule has 1 aromatic rings. The highest BCUT2D eigenvalue weighted by Gasteiger charge is 2.14. The second-order valence-electron chi connectivity index (χ2n) is 4.69. The summed E-state index contributed by atoms with van der Waals surface area (Å²) in [5.41, 5.74) is 1.82. The minimum absolute atomic E-state index is 0.170. The summed E-state index contributed by atoms with van der Waals surface area (Å²) in [6.45, 7) is 4.58. The zero-order chi connectivity index (χ0) is 14.1. The molecule has 0 radical (unpaired) electrons. The van der Waals surface area contributed by atoms with E-state index in [1.165, 1.54) is 5.56 Å². The fraction of sp³-hybridized carbons (Fsp3) is 0.562. The maximum Gasteiger partial charge on any atom is 0.338 e. The number of hydrogen-bond donors (Lipinski definition) is 0. The maximum absolute atomic E-state index is 12.0. The predicted molar refractivity (Wildman–Crippen MR) is 76.4 cm³/mol. The Morgan fingerprint density at radius 3 is 2.74 bits per heavy atom. The van der Waals surface area contributed by atoms with Crippen molar-refractivity contribution in [2.24, 2.45) is 0 Å². The predicted octanol–water partition coefficient (Wildman–Crippen LogP) is 3.61. The number of esters is 1. The minimum atomic E-state index is -0.262. The Balaban J connectivity index is 2.65. The third-order valence-corrected chi connectivity index (χ3v) is 3.06. The number of unbranched alkanes of at least 4 members (excludes halogenated alkanes) is 1. The van der Waals surface area contributed by atoms with Gasteiger partial charge in [-0.2, -0.15) is 0 Å². The van der Waals surface area contributed by atoms with Gasteiger partial charge in [0.25, 0.3) is 0 Å². The molecule has 1 aromatic carbocycles. The Morgan fingerprint density at radius 2 is 2.11 bits per heavy atom. The Hall–Kier alpha value is -1.35. The summed E-state index contributed by atoms with van der Waals surface area (Å²) in [6, 6.07) is 7.70. The molecule has 106 valence electrons. The van der Waals surface area contributed by atoms with Crippen LogP contribution in [0.1, 0.15) is 49.0 Å². The molecule has 3 nitrogen and oxygen atoms in total. The number of hydrogen-bond acceptors (Lipinski definition) is 3. The summed E-state index contributed by atoms with van der Waals surface area (Å²) < 4.78 is 10.5. The van der Waals surface area contributed by atoms with Gasteiger partial charge in [-0.1, -0.05) is 32.4 Å².